The second-order valence-electron chi connectivity index (χ2n) is 7.50. The summed E-state index contributed by atoms with van der Waals surface area (Å²) >= 11 is 6.81. The average Bonchev–Trinajstić information content (AvgIpc) is 3.25. The minimum atomic E-state index is -2.40. The van der Waals surface area contributed by atoms with Crippen molar-refractivity contribution < 1.29 is 107 Å². The van der Waals surface area contributed by atoms with Crippen LogP contribution in [-0.4, -0.2) is 72.9 Å². The summed E-state index contributed by atoms with van der Waals surface area (Å²) < 4.78 is 17.7. The Kier molecular flexibility index (Phi) is 10.1. The quantitative estimate of drug-likeness (QED) is 0.0998. The van der Waals surface area contributed by atoms with Crippen LogP contribution in [-0.2, 0) is 44.3 Å². The van der Waals surface area contributed by atoms with Crippen LogP contribution in [0.1, 0.15) is 18.5 Å². The summed E-state index contributed by atoms with van der Waals surface area (Å²) in [5.41, 5.74) is 2.40. The zero-order valence-electron chi connectivity index (χ0n) is 18.8. The number of amides is 1. The first-order valence-electron chi connectivity index (χ1n) is 9.46. The van der Waals surface area contributed by atoms with E-state index < -0.39 is 82.1 Å². The third-order valence-electron chi connectivity index (χ3n) is 5.51. The largest absolute Gasteiger partial charge is 1.00 e. The first kappa shape index (κ1) is 31.1. The number of carbonyl (C=O) groups excluding carboxylic acids is 5. The number of halogens is 1. The maximum absolute atomic E-state index is 13.0. The molecular weight excluding hydrogens is 566 g/mol. The van der Waals surface area contributed by atoms with Gasteiger partial charge < -0.3 is 35.1 Å². The van der Waals surface area contributed by atoms with Gasteiger partial charge in [0.25, 0.3) is 0 Å². The van der Waals surface area contributed by atoms with Gasteiger partial charge in [-0.25, -0.2) is 4.98 Å². The number of nitrogens with zero attached hydrogens (tertiary/aromatic N) is 3. The number of ether oxygens (including phenoxy) is 1. The van der Waals surface area contributed by atoms with E-state index in [2.05, 4.69) is 15.0 Å². The van der Waals surface area contributed by atoms with Crippen LogP contribution in [0.2, 0.25) is 4.34 Å². The monoisotopic (exact) mass is 578 g/mol. The van der Waals surface area contributed by atoms with Crippen LogP contribution >= 0.6 is 22.9 Å². The second-order valence-corrected chi connectivity index (χ2v) is 10.7. The number of carbonyl (C=O) groups is 5. The number of oxime groups is 1. The molecule has 0 aliphatic carbocycles. The van der Waals surface area contributed by atoms with E-state index >= 15 is 0 Å². The van der Waals surface area contributed by atoms with Crippen molar-refractivity contribution >= 4 is 74.2 Å². The van der Waals surface area contributed by atoms with Gasteiger partial charge in [0, 0.05) is 28.9 Å². The summed E-state index contributed by atoms with van der Waals surface area (Å²) in [7, 11) is -1.82. The summed E-state index contributed by atoms with van der Waals surface area (Å²) in [6, 6.07) is 0. The number of hydrogen-bond acceptors (Lipinski definition) is 14. The van der Waals surface area contributed by atoms with Crippen LogP contribution < -0.4 is 75.1 Å². The van der Waals surface area contributed by atoms with Crippen LogP contribution in [0.3, 0.4) is 0 Å². The number of aliphatic carboxylic acids is 2. The molecule has 14 nitrogen and oxygen atoms in total. The summed E-state index contributed by atoms with van der Waals surface area (Å²) in [4.78, 5) is 69.3. The molecule has 3 fully saturated rings. The van der Waals surface area contributed by atoms with Crippen LogP contribution in [0.4, 0.5) is 5.13 Å². The van der Waals surface area contributed by atoms with Crippen LogP contribution in [0.15, 0.2) is 5.16 Å². The number of hydrogen-bond donors (Lipinski definition) is 1. The topological polar surface area (TPSA) is 222 Å². The fourth-order valence-electron chi connectivity index (χ4n) is 4.16. The number of carboxylic acid groups (broad SMARTS) is 2. The molecule has 36 heavy (non-hydrogen) atoms. The van der Waals surface area contributed by atoms with E-state index in [9.17, 15) is 38.4 Å². The molecule has 4 heterocycles. The molecule has 1 amide bonds. The fraction of sp³-hybridized carbons (Fsp3) is 0.471. The van der Waals surface area contributed by atoms with Crippen molar-refractivity contribution in [1.29, 1.82) is 0 Å². The Labute approximate surface area is 257 Å². The maximum atomic E-state index is 13.0. The van der Waals surface area contributed by atoms with Gasteiger partial charge in [0.15, 0.2) is 23.2 Å². The number of thiazole rings is 1. The van der Waals surface area contributed by atoms with Gasteiger partial charge in [0.05, 0.1) is 18.3 Å². The number of aromatic nitrogens is 1. The molecule has 19 heteroatoms. The zero-order valence-corrected chi connectivity index (χ0v) is 25.1. The van der Waals surface area contributed by atoms with E-state index in [4.69, 9.17) is 22.1 Å². The van der Waals surface area contributed by atoms with Crippen molar-refractivity contribution in [1.82, 2.24) is 9.88 Å². The SMILES string of the molecule is Nc1nc(/C(=N/OCC(=O)[O-])C(=O)C[C@@H]2C(=O)N3[C@@H]2[S@@](=O)C[C@@H]2CC(=O)O[C@@]23C(=O)[O-])c(Cl)s1.[Na+].[Na+]. The molecule has 182 valence electrons. The molecule has 4 rings (SSSR count). The molecule has 0 saturated carbocycles. The van der Waals surface area contributed by atoms with Gasteiger partial charge >= 0.3 is 65.1 Å². The number of esters is 1. The number of carboxylic acids is 2. The Balaban J connectivity index is 0.00000228. The minimum Gasteiger partial charge on any atom is -0.546 e. The normalized spacial score (nSPS) is 28.5. The third-order valence-corrected chi connectivity index (χ3v) is 8.40. The van der Waals surface area contributed by atoms with E-state index in [-0.39, 0.29) is 86.5 Å². The Hall–Kier alpha value is -1.11. The fourth-order valence-corrected chi connectivity index (χ4v) is 7.10. The molecule has 0 unspecified atom stereocenters. The van der Waals surface area contributed by atoms with E-state index in [1.165, 1.54) is 0 Å². The number of Topliss-reactive ketones (excluding diaryl/α,β-unsaturated/α-hetero) is 1. The molecule has 1 aromatic rings. The van der Waals surface area contributed by atoms with Crippen molar-refractivity contribution in [3.8, 4) is 0 Å². The van der Waals surface area contributed by atoms with Gasteiger partial charge in [-0.3, -0.25) is 23.5 Å². The van der Waals surface area contributed by atoms with Gasteiger partial charge in [-0.1, -0.05) is 28.1 Å². The van der Waals surface area contributed by atoms with E-state index in [0.29, 0.717) is 4.90 Å². The van der Waals surface area contributed by atoms with Crippen molar-refractivity contribution in [2.75, 3.05) is 18.1 Å². The molecule has 2 N–H and O–H groups in total. The smallest absolute Gasteiger partial charge is 0.546 e. The average molecular weight is 579 g/mol. The summed E-state index contributed by atoms with van der Waals surface area (Å²) in [5, 5.41) is 24.7. The molecule has 0 aromatic carbocycles. The van der Waals surface area contributed by atoms with Gasteiger partial charge in [-0.15, -0.1) is 0 Å². The van der Waals surface area contributed by atoms with E-state index in [1.807, 2.05) is 0 Å². The molecule has 3 saturated heterocycles. The van der Waals surface area contributed by atoms with Crippen molar-refractivity contribution in [3.05, 3.63) is 10.0 Å². The molecular formula is C17H13ClN4Na2O10S2. The minimum absolute atomic E-state index is 0. The predicted octanol–water partition coefficient (Wildman–Crippen LogP) is -9.63. The van der Waals surface area contributed by atoms with Crippen molar-refractivity contribution in [3.63, 3.8) is 0 Å². The van der Waals surface area contributed by atoms with Gasteiger partial charge in [0.2, 0.25) is 11.6 Å². The number of ketones is 1. The van der Waals surface area contributed by atoms with Crippen molar-refractivity contribution in [2.24, 2.45) is 17.0 Å². The number of fused-ring (bicyclic) bond motifs is 3. The standard InChI is InChI=1S/C17H15ClN4O10S2.2Na/c18-12-11(20-16(19)33-12)10(21-31-3-8(24)25)7(23)2-6-13(27)22-14(6)34(30)4-5-1-9(26)32-17(5,22)15(28)29;;/h5-6,14H,1-4H2,(H2,19,20)(H,24,25)(H,28,29);;/q;2*+1/p-2/b21-10+;;/t5-,6+,14+,17+,34-;;/m0../s1. The van der Waals surface area contributed by atoms with Gasteiger partial charge in [-0.05, 0) is 0 Å². The van der Waals surface area contributed by atoms with Gasteiger partial charge in [0.1, 0.15) is 21.4 Å². The molecule has 0 spiro atoms. The molecule has 3 aliphatic heterocycles. The number of nitrogen functional groups attached to an aromatic ring is 1. The molecule has 0 bridgehead atoms. The van der Waals surface area contributed by atoms with E-state index in [0.717, 1.165) is 11.3 Å². The maximum Gasteiger partial charge on any atom is 1.00 e. The first-order chi connectivity index (χ1) is 16.0. The number of nitrogens with two attached hydrogens (primary N) is 1. The Morgan fingerprint density at radius 3 is 2.56 bits per heavy atom. The Morgan fingerprint density at radius 2 is 2.00 bits per heavy atom. The van der Waals surface area contributed by atoms with Crippen LogP contribution in [0.5, 0.6) is 0 Å². The summed E-state index contributed by atoms with van der Waals surface area (Å²) in [6.45, 7) is -1.00. The first-order valence-corrected chi connectivity index (χ1v) is 12.0. The number of anilines is 1. The molecule has 5 atom stereocenters. The summed E-state index contributed by atoms with van der Waals surface area (Å²) in [5.74, 6) is -8.71. The summed E-state index contributed by atoms with van der Waals surface area (Å²) in [6.07, 6.45) is -0.981. The number of rotatable bonds is 8. The zero-order chi connectivity index (χ0) is 24.9. The molecule has 1 aromatic heterocycles. The molecule has 0 radical (unpaired) electrons. The Morgan fingerprint density at radius 1 is 1.33 bits per heavy atom. The van der Waals surface area contributed by atoms with Crippen LogP contribution in [0.25, 0.3) is 0 Å². The molecule has 3 aliphatic rings. The van der Waals surface area contributed by atoms with Crippen LogP contribution in [0, 0.1) is 11.8 Å². The number of β-lactam (4-membered cyclic amide) rings is 1. The Bertz CT molecular complexity index is 1200. The second kappa shape index (κ2) is 11.7. The van der Waals surface area contributed by atoms with Crippen molar-refractivity contribution in [2.45, 2.75) is 23.9 Å². The third kappa shape index (κ3) is 5.24. The predicted molar refractivity (Wildman–Crippen MR) is 108 cm³/mol. The van der Waals surface area contributed by atoms with Gasteiger partial charge in [-0.2, -0.15) is 0 Å². The van der Waals surface area contributed by atoms with E-state index in [1.54, 1.807) is 0 Å².